The Hall–Kier alpha value is -0.570. The molecule has 1 unspecified atom stereocenters. The summed E-state index contributed by atoms with van der Waals surface area (Å²) in [5, 5.41) is 4.21. The fourth-order valence-electron chi connectivity index (χ4n) is 1.93. The van der Waals surface area contributed by atoms with Crippen LogP contribution in [0.25, 0.3) is 0 Å². The molecule has 1 N–H and O–H groups in total. The Balaban J connectivity index is 2.51. The number of nitrogens with one attached hydrogen (secondary N) is 1. The van der Waals surface area contributed by atoms with Crippen LogP contribution in [0.3, 0.4) is 0 Å². The number of likely N-dealkylation sites (N-methyl/N-ethyl adjacent to an activating group) is 2. The first-order valence-electron chi connectivity index (χ1n) is 6.32. The van der Waals surface area contributed by atoms with Crippen LogP contribution in [0.4, 0.5) is 0 Å². The van der Waals surface area contributed by atoms with Gasteiger partial charge in [0.15, 0.2) is 0 Å². The molecule has 0 bridgehead atoms. The lowest BCUT2D eigenvalue weighted by molar-refractivity contribution is 0.222. The maximum Gasteiger partial charge on any atom is 0.0406 e. The minimum atomic E-state index is 0.589. The molecule has 0 saturated carbocycles. The van der Waals surface area contributed by atoms with Gasteiger partial charge < -0.3 is 5.32 Å². The Labute approximate surface area is 110 Å². The first kappa shape index (κ1) is 14.5. The van der Waals surface area contributed by atoms with E-state index in [0.717, 1.165) is 31.1 Å². The lowest BCUT2D eigenvalue weighted by atomic mass is 10.1. The van der Waals surface area contributed by atoms with Gasteiger partial charge in [-0.25, -0.2) is 0 Å². The van der Waals surface area contributed by atoms with Crippen LogP contribution in [0.1, 0.15) is 25.8 Å². The van der Waals surface area contributed by atoms with Crippen molar-refractivity contribution in [3.05, 3.63) is 34.9 Å². The molecule has 1 aromatic carbocycles. The summed E-state index contributed by atoms with van der Waals surface area (Å²) in [6.45, 7) is 7.44. The zero-order valence-corrected chi connectivity index (χ0v) is 11.8. The Morgan fingerprint density at radius 3 is 2.41 bits per heavy atom. The normalized spacial score (nSPS) is 13.0. The molecule has 1 atom stereocenters. The largest absolute Gasteiger partial charge is 0.315 e. The molecule has 96 valence electrons. The van der Waals surface area contributed by atoms with Crippen molar-refractivity contribution in [3.63, 3.8) is 0 Å². The molecule has 3 heteroatoms. The molecule has 1 rings (SSSR count). The highest BCUT2D eigenvalue weighted by molar-refractivity contribution is 6.30. The smallest absolute Gasteiger partial charge is 0.0406 e. The van der Waals surface area contributed by atoms with E-state index in [1.54, 1.807) is 0 Å². The second-order valence-corrected chi connectivity index (χ2v) is 4.85. The fourth-order valence-corrected chi connectivity index (χ4v) is 2.06. The van der Waals surface area contributed by atoms with E-state index in [0.29, 0.717) is 6.04 Å². The van der Waals surface area contributed by atoms with E-state index >= 15 is 0 Å². The van der Waals surface area contributed by atoms with Gasteiger partial charge in [0.2, 0.25) is 0 Å². The van der Waals surface area contributed by atoms with E-state index in [9.17, 15) is 0 Å². The lowest BCUT2D eigenvalue weighted by Gasteiger charge is -2.27. The zero-order valence-electron chi connectivity index (χ0n) is 11.0. The number of benzene rings is 1. The number of hydrogen-bond donors (Lipinski definition) is 1. The van der Waals surface area contributed by atoms with Gasteiger partial charge >= 0.3 is 0 Å². The van der Waals surface area contributed by atoms with Crippen molar-refractivity contribution in [3.8, 4) is 0 Å². The monoisotopic (exact) mass is 254 g/mol. The van der Waals surface area contributed by atoms with E-state index in [1.165, 1.54) is 5.56 Å². The third-order valence-electron chi connectivity index (χ3n) is 3.07. The van der Waals surface area contributed by atoms with Crippen molar-refractivity contribution >= 4 is 11.6 Å². The van der Waals surface area contributed by atoms with Crippen LogP contribution in [0.5, 0.6) is 0 Å². The van der Waals surface area contributed by atoms with Crippen LogP contribution in [0, 0.1) is 0 Å². The van der Waals surface area contributed by atoms with Gasteiger partial charge in [-0.05, 0) is 37.7 Å². The third kappa shape index (κ3) is 5.07. The summed E-state index contributed by atoms with van der Waals surface area (Å²) in [6.07, 6.45) is 1.16. The van der Waals surface area contributed by atoms with Gasteiger partial charge in [0.25, 0.3) is 0 Å². The minimum absolute atomic E-state index is 0.589. The van der Waals surface area contributed by atoms with Gasteiger partial charge in [0.1, 0.15) is 0 Å². The van der Waals surface area contributed by atoms with Gasteiger partial charge in [-0.3, -0.25) is 4.90 Å². The molecular formula is C14H23ClN2. The quantitative estimate of drug-likeness (QED) is 0.804. The molecule has 0 amide bonds. The summed E-state index contributed by atoms with van der Waals surface area (Å²) < 4.78 is 0. The Bertz CT molecular complexity index is 311. The molecule has 0 saturated heterocycles. The van der Waals surface area contributed by atoms with Crippen LogP contribution < -0.4 is 5.32 Å². The highest BCUT2D eigenvalue weighted by atomic mass is 35.5. The van der Waals surface area contributed by atoms with E-state index in [1.807, 2.05) is 12.1 Å². The van der Waals surface area contributed by atoms with E-state index in [4.69, 9.17) is 11.6 Å². The highest BCUT2D eigenvalue weighted by Gasteiger charge is 2.12. The fraction of sp³-hybridized carbons (Fsp3) is 0.571. The van der Waals surface area contributed by atoms with Crippen molar-refractivity contribution < 1.29 is 0 Å². The molecule has 0 radical (unpaired) electrons. The van der Waals surface area contributed by atoms with Gasteiger partial charge in [-0.2, -0.15) is 0 Å². The van der Waals surface area contributed by atoms with Crippen molar-refractivity contribution in [2.45, 2.75) is 32.9 Å². The predicted molar refractivity (Wildman–Crippen MR) is 75.5 cm³/mol. The van der Waals surface area contributed by atoms with E-state index in [2.05, 4.69) is 43.2 Å². The second kappa shape index (κ2) is 7.70. The Morgan fingerprint density at radius 1 is 1.24 bits per heavy atom. The molecule has 0 aliphatic heterocycles. The average molecular weight is 255 g/mol. The molecule has 0 aliphatic carbocycles. The van der Waals surface area contributed by atoms with Crippen molar-refractivity contribution in [1.29, 1.82) is 0 Å². The molecule has 2 nitrogen and oxygen atoms in total. The van der Waals surface area contributed by atoms with Crippen LogP contribution in [0.15, 0.2) is 24.3 Å². The van der Waals surface area contributed by atoms with Crippen LogP contribution in [0.2, 0.25) is 5.02 Å². The van der Waals surface area contributed by atoms with Gasteiger partial charge in [-0.15, -0.1) is 0 Å². The highest BCUT2D eigenvalue weighted by Crippen LogP contribution is 2.12. The van der Waals surface area contributed by atoms with Crippen molar-refractivity contribution in [1.82, 2.24) is 10.2 Å². The molecule has 0 spiro atoms. The summed E-state index contributed by atoms with van der Waals surface area (Å²) in [6, 6.07) is 8.69. The molecule has 0 aliphatic rings. The number of halogens is 1. The topological polar surface area (TPSA) is 15.3 Å². The third-order valence-corrected chi connectivity index (χ3v) is 3.32. The first-order valence-corrected chi connectivity index (χ1v) is 6.70. The minimum Gasteiger partial charge on any atom is -0.315 e. The molecular weight excluding hydrogens is 232 g/mol. The van der Waals surface area contributed by atoms with Crippen LogP contribution in [-0.2, 0) is 6.54 Å². The molecule has 0 heterocycles. The van der Waals surface area contributed by atoms with E-state index in [-0.39, 0.29) is 0 Å². The van der Waals surface area contributed by atoms with Gasteiger partial charge in [0.05, 0.1) is 0 Å². The molecule has 1 aromatic rings. The average Bonchev–Trinajstić information content (AvgIpc) is 2.33. The molecule has 0 aromatic heterocycles. The van der Waals surface area contributed by atoms with E-state index < -0.39 is 0 Å². The summed E-state index contributed by atoms with van der Waals surface area (Å²) >= 11 is 5.88. The second-order valence-electron chi connectivity index (χ2n) is 4.41. The maximum atomic E-state index is 5.88. The van der Waals surface area contributed by atoms with Crippen LogP contribution >= 0.6 is 11.6 Å². The molecule has 17 heavy (non-hydrogen) atoms. The summed E-state index contributed by atoms with van der Waals surface area (Å²) in [4.78, 5) is 2.39. The Morgan fingerprint density at radius 2 is 1.88 bits per heavy atom. The molecule has 0 fully saturated rings. The SMILES string of the molecule is CCNCC(CC)N(C)Cc1ccc(Cl)cc1. The number of hydrogen-bond acceptors (Lipinski definition) is 2. The van der Waals surface area contributed by atoms with Crippen molar-refractivity contribution in [2.75, 3.05) is 20.1 Å². The van der Waals surface area contributed by atoms with Crippen LogP contribution in [-0.4, -0.2) is 31.1 Å². The van der Waals surface area contributed by atoms with Gasteiger partial charge in [-0.1, -0.05) is 37.6 Å². The summed E-state index contributed by atoms with van der Waals surface area (Å²) in [5.41, 5.74) is 1.31. The number of rotatable bonds is 7. The lowest BCUT2D eigenvalue weighted by Crippen LogP contribution is -2.39. The summed E-state index contributed by atoms with van der Waals surface area (Å²) in [7, 11) is 2.18. The predicted octanol–water partition coefficient (Wildman–Crippen LogP) is 3.16. The first-order chi connectivity index (χ1) is 8.17. The zero-order chi connectivity index (χ0) is 12.7. The summed E-state index contributed by atoms with van der Waals surface area (Å²) in [5.74, 6) is 0. The Kier molecular flexibility index (Phi) is 6.56. The van der Waals surface area contributed by atoms with Gasteiger partial charge in [0, 0.05) is 24.2 Å². The standard InChI is InChI=1S/C14H23ClN2/c1-4-14(10-16-5-2)17(3)11-12-6-8-13(15)9-7-12/h6-9,14,16H,4-5,10-11H2,1-3H3. The van der Waals surface area contributed by atoms with Crippen molar-refractivity contribution in [2.24, 2.45) is 0 Å². The maximum absolute atomic E-state index is 5.88. The number of nitrogens with zero attached hydrogens (tertiary/aromatic N) is 1.